The molecule has 1 atom stereocenters. The molecular weight excluding hydrogens is 220 g/mol. The summed E-state index contributed by atoms with van der Waals surface area (Å²) in [4.78, 5) is 22.2. The molecule has 0 aromatic rings. The number of carbonyl (C=O) groups excluding carboxylic acids is 2. The Hall–Kier alpha value is -1.10. The Balaban J connectivity index is 2.13. The SMILES string of the molecule is C[C@@H]([CH]C(=O)NCC1CCOCC1)CC(N)=O. The van der Waals surface area contributed by atoms with Crippen LogP contribution in [0.3, 0.4) is 0 Å². The molecule has 1 rings (SSSR count). The molecule has 1 aliphatic rings. The van der Waals surface area contributed by atoms with Crippen LogP contribution in [0.2, 0.25) is 0 Å². The molecule has 5 heteroatoms. The van der Waals surface area contributed by atoms with Crippen LogP contribution in [0.5, 0.6) is 0 Å². The summed E-state index contributed by atoms with van der Waals surface area (Å²) >= 11 is 0. The second kappa shape index (κ2) is 7.27. The number of ether oxygens (including phenoxy) is 1. The van der Waals surface area contributed by atoms with Gasteiger partial charge in [-0.2, -0.15) is 0 Å². The topological polar surface area (TPSA) is 81.4 Å². The lowest BCUT2D eigenvalue weighted by Gasteiger charge is -2.22. The largest absolute Gasteiger partial charge is 0.381 e. The summed E-state index contributed by atoms with van der Waals surface area (Å²) in [6, 6.07) is 0. The molecule has 0 aliphatic carbocycles. The van der Waals surface area contributed by atoms with E-state index in [-0.39, 0.29) is 24.2 Å². The van der Waals surface area contributed by atoms with E-state index in [1.165, 1.54) is 6.42 Å². The van der Waals surface area contributed by atoms with Crippen molar-refractivity contribution in [3.05, 3.63) is 6.42 Å². The van der Waals surface area contributed by atoms with Crippen LogP contribution < -0.4 is 11.1 Å². The van der Waals surface area contributed by atoms with E-state index in [0.29, 0.717) is 12.5 Å². The average molecular weight is 241 g/mol. The standard InChI is InChI=1S/C12H21N2O3/c1-9(6-11(13)15)7-12(16)14-8-10-2-4-17-5-3-10/h7,9-10H,2-6,8H2,1H3,(H2,13,15)(H,14,16)/t9-/m1/s1. The van der Waals surface area contributed by atoms with E-state index in [1.807, 2.05) is 0 Å². The van der Waals surface area contributed by atoms with Crippen molar-refractivity contribution in [2.45, 2.75) is 26.2 Å². The molecule has 0 aromatic carbocycles. The summed E-state index contributed by atoms with van der Waals surface area (Å²) in [7, 11) is 0. The highest BCUT2D eigenvalue weighted by Gasteiger charge is 2.16. The van der Waals surface area contributed by atoms with E-state index in [1.54, 1.807) is 6.92 Å². The molecule has 1 saturated heterocycles. The van der Waals surface area contributed by atoms with Crippen LogP contribution in [-0.4, -0.2) is 31.6 Å². The van der Waals surface area contributed by atoms with Crippen LogP contribution in [0.1, 0.15) is 26.2 Å². The molecule has 2 amide bonds. The van der Waals surface area contributed by atoms with Gasteiger partial charge < -0.3 is 15.8 Å². The van der Waals surface area contributed by atoms with Gasteiger partial charge in [0.1, 0.15) is 0 Å². The van der Waals surface area contributed by atoms with E-state index < -0.39 is 0 Å². The second-order valence-electron chi connectivity index (χ2n) is 4.62. The molecule has 1 heterocycles. The van der Waals surface area contributed by atoms with Gasteiger partial charge in [-0.1, -0.05) is 6.92 Å². The maximum atomic E-state index is 11.5. The Labute approximate surface area is 102 Å². The predicted octanol–water partition coefficient (Wildman–Crippen LogP) is 0.245. The molecule has 1 radical (unpaired) electrons. The van der Waals surface area contributed by atoms with Gasteiger partial charge in [-0.3, -0.25) is 9.59 Å². The zero-order valence-corrected chi connectivity index (χ0v) is 10.3. The number of amides is 2. The van der Waals surface area contributed by atoms with Crippen molar-refractivity contribution >= 4 is 11.8 Å². The van der Waals surface area contributed by atoms with Crippen LogP contribution in [0.4, 0.5) is 0 Å². The molecule has 0 saturated carbocycles. The van der Waals surface area contributed by atoms with E-state index in [2.05, 4.69) is 5.32 Å². The summed E-state index contributed by atoms with van der Waals surface area (Å²) in [5, 5.41) is 2.85. The summed E-state index contributed by atoms with van der Waals surface area (Å²) < 4.78 is 5.24. The van der Waals surface area contributed by atoms with Crippen LogP contribution in [0.25, 0.3) is 0 Å². The Kier molecular flexibility index (Phi) is 5.97. The lowest BCUT2D eigenvalue weighted by Crippen LogP contribution is -2.33. The molecule has 0 aromatic heterocycles. The Bertz CT molecular complexity index is 262. The highest BCUT2D eigenvalue weighted by atomic mass is 16.5. The molecule has 97 valence electrons. The summed E-state index contributed by atoms with van der Waals surface area (Å²) in [6.07, 6.45) is 3.73. The van der Waals surface area contributed by atoms with E-state index in [0.717, 1.165) is 26.1 Å². The number of hydrogen-bond acceptors (Lipinski definition) is 3. The summed E-state index contributed by atoms with van der Waals surface area (Å²) in [5.74, 6) is -0.106. The fourth-order valence-corrected chi connectivity index (χ4v) is 1.89. The number of nitrogens with one attached hydrogen (secondary N) is 1. The lowest BCUT2D eigenvalue weighted by atomic mass is 9.99. The van der Waals surface area contributed by atoms with Gasteiger partial charge in [0.2, 0.25) is 11.8 Å². The Morgan fingerprint density at radius 1 is 1.47 bits per heavy atom. The average Bonchev–Trinajstić information content (AvgIpc) is 2.26. The number of carbonyl (C=O) groups is 2. The third-order valence-electron chi connectivity index (χ3n) is 2.86. The van der Waals surface area contributed by atoms with Gasteiger partial charge in [-0.05, 0) is 24.7 Å². The van der Waals surface area contributed by atoms with Gasteiger partial charge in [0.25, 0.3) is 0 Å². The molecule has 0 bridgehead atoms. The third-order valence-corrected chi connectivity index (χ3v) is 2.86. The van der Waals surface area contributed by atoms with E-state index in [9.17, 15) is 9.59 Å². The quantitative estimate of drug-likeness (QED) is 0.699. The minimum Gasteiger partial charge on any atom is -0.381 e. The first-order valence-electron chi connectivity index (χ1n) is 6.06. The molecule has 17 heavy (non-hydrogen) atoms. The summed E-state index contributed by atoms with van der Waals surface area (Å²) in [6.45, 7) is 4.05. The minimum absolute atomic E-state index is 0.109. The first kappa shape index (κ1) is 14.0. The van der Waals surface area contributed by atoms with Gasteiger partial charge in [-0.25, -0.2) is 0 Å². The van der Waals surface area contributed by atoms with E-state index >= 15 is 0 Å². The van der Waals surface area contributed by atoms with Crippen LogP contribution in [0, 0.1) is 18.3 Å². The van der Waals surface area contributed by atoms with Gasteiger partial charge in [0, 0.05) is 26.2 Å². The van der Waals surface area contributed by atoms with Crippen molar-refractivity contribution in [1.29, 1.82) is 0 Å². The lowest BCUT2D eigenvalue weighted by molar-refractivity contribution is -0.119. The van der Waals surface area contributed by atoms with Gasteiger partial charge in [-0.15, -0.1) is 0 Å². The van der Waals surface area contributed by atoms with Crippen molar-refractivity contribution in [1.82, 2.24) is 5.32 Å². The zero-order chi connectivity index (χ0) is 12.7. The first-order chi connectivity index (χ1) is 8.08. The Morgan fingerprint density at radius 3 is 2.71 bits per heavy atom. The number of nitrogens with two attached hydrogens (primary N) is 1. The first-order valence-corrected chi connectivity index (χ1v) is 6.06. The van der Waals surface area contributed by atoms with Crippen molar-refractivity contribution in [2.24, 2.45) is 17.6 Å². The molecule has 1 fully saturated rings. The highest BCUT2D eigenvalue weighted by Crippen LogP contribution is 2.13. The van der Waals surface area contributed by atoms with Crippen molar-refractivity contribution in [2.75, 3.05) is 19.8 Å². The summed E-state index contributed by atoms with van der Waals surface area (Å²) in [5.41, 5.74) is 5.06. The smallest absolute Gasteiger partial charge is 0.224 e. The number of primary amides is 1. The molecule has 3 N–H and O–H groups in total. The van der Waals surface area contributed by atoms with Crippen molar-refractivity contribution < 1.29 is 14.3 Å². The number of hydrogen-bond donors (Lipinski definition) is 2. The molecule has 5 nitrogen and oxygen atoms in total. The molecule has 1 aliphatic heterocycles. The fourth-order valence-electron chi connectivity index (χ4n) is 1.89. The third kappa shape index (κ3) is 6.26. The number of rotatable bonds is 6. The van der Waals surface area contributed by atoms with Gasteiger partial charge >= 0.3 is 0 Å². The van der Waals surface area contributed by atoms with Crippen molar-refractivity contribution in [3.8, 4) is 0 Å². The highest BCUT2D eigenvalue weighted by molar-refractivity contribution is 5.86. The molecular formula is C12H21N2O3. The minimum atomic E-state index is -0.383. The maximum absolute atomic E-state index is 11.5. The normalized spacial score (nSPS) is 18.6. The van der Waals surface area contributed by atoms with Gasteiger partial charge in [0.15, 0.2) is 0 Å². The van der Waals surface area contributed by atoms with Crippen LogP contribution in [-0.2, 0) is 14.3 Å². The van der Waals surface area contributed by atoms with E-state index in [4.69, 9.17) is 10.5 Å². The predicted molar refractivity (Wildman–Crippen MR) is 63.8 cm³/mol. The second-order valence-corrected chi connectivity index (χ2v) is 4.62. The fraction of sp³-hybridized carbons (Fsp3) is 0.750. The van der Waals surface area contributed by atoms with Crippen molar-refractivity contribution in [3.63, 3.8) is 0 Å². The molecule has 0 spiro atoms. The zero-order valence-electron chi connectivity index (χ0n) is 10.3. The van der Waals surface area contributed by atoms with Crippen LogP contribution in [0.15, 0.2) is 0 Å². The maximum Gasteiger partial charge on any atom is 0.224 e. The Morgan fingerprint density at radius 2 is 2.12 bits per heavy atom. The molecule has 0 unspecified atom stereocenters. The van der Waals surface area contributed by atoms with Gasteiger partial charge in [0.05, 0.1) is 6.42 Å². The monoisotopic (exact) mass is 241 g/mol. The van der Waals surface area contributed by atoms with Crippen LogP contribution >= 0.6 is 0 Å².